The van der Waals surface area contributed by atoms with E-state index in [0.717, 1.165) is 25.7 Å². The van der Waals surface area contributed by atoms with E-state index < -0.39 is 6.04 Å². The first-order chi connectivity index (χ1) is 18.5. The molecule has 0 bridgehead atoms. The molecule has 2 heterocycles. The zero-order valence-corrected chi connectivity index (χ0v) is 22.0. The van der Waals surface area contributed by atoms with Gasteiger partial charge in [-0.25, -0.2) is 4.98 Å². The largest absolute Gasteiger partial charge is 0.467 e. The quantitative estimate of drug-likeness (QED) is 0.329. The standard InChI is InChI=1S/C29H33ClN4O4/c30-22-16-14-21(15-17-22)28(29(37)32-23-8-2-1-3-9-23)34(20-24-10-7-19-38-24)27(36)13-6-12-26(35)33-25-11-4-5-18-31-25/h4-5,7,10-11,14-19,23,28H,1-3,6,8-9,12-13,20H2,(H,32,37)(H,31,33,35)/t28-/m1/s1. The topological polar surface area (TPSA) is 105 Å². The second-order valence-corrected chi connectivity index (χ2v) is 9.95. The molecule has 0 unspecified atom stereocenters. The van der Waals surface area contributed by atoms with Gasteiger partial charge in [0.05, 0.1) is 12.8 Å². The summed E-state index contributed by atoms with van der Waals surface area (Å²) < 4.78 is 5.54. The minimum atomic E-state index is -0.867. The molecular formula is C29H33ClN4O4. The van der Waals surface area contributed by atoms with Crippen molar-refractivity contribution < 1.29 is 18.8 Å². The smallest absolute Gasteiger partial charge is 0.247 e. The van der Waals surface area contributed by atoms with E-state index in [1.807, 2.05) is 0 Å². The highest BCUT2D eigenvalue weighted by molar-refractivity contribution is 6.30. The predicted octanol–water partition coefficient (Wildman–Crippen LogP) is 5.66. The van der Waals surface area contributed by atoms with Crippen molar-refractivity contribution >= 4 is 35.1 Å². The molecule has 0 aliphatic heterocycles. The number of hydrogen-bond acceptors (Lipinski definition) is 5. The second-order valence-electron chi connectivity index (χ2n) is 9.52. The molecule has 0 spiro atoms. The van der Waals surface area contributed by atoms with Crippen molar-refractivity contribution in [3.05, 3.63) is 83.4 Å². The monoisotopic (exact) mass is 536 g/mol. The number of carbonyl (C=O) groups excluding carboxylic acids is 3. The van der Waals surface area contributed by atoms with Gasteiger partial charge in [0.25, 0.3) is 0 Å². The van der Waals surface area contributed by atoms with Crippen LogP contribution in [0.3, 0.4) is 0 Å². The van der Waals surface area contributed by atoms with Gasteiger partial charge in [0.15, 0.2) is 0 Å². The van der Waals surface area contributed by atoms with E-state index in [-0.39, 0.29) is 43.1 Å². The number of furan rings is 1. The van der Waals surface area contributed by atoms with Crippen molar-refractivity contribution in [3.8, 4) is 0 Å². The van der Waals surface area contributed by atoms with Crippen molar-refractivity contribution in [1.29, 1.82) is 0 Å². The Bertz CT molecular complexity index is 1180. The van der Waals surface area contributed by atoms with Crippen LogP contribution in [0.1, 0.15) is 68.7 Å². The maximum Gasteiger partial charge on any atom is 0.247 e. The average Bonchev–Trinajstić information content (AvgIpc) is 3.44. The highest BCUT2D eigenvalue weighted by atomic mass is 35.5. The molecule has 200 valence electrons. The Balaban J connectivity index is 1.50. The Labute approximate surface area is 227 Å². The SMILES string of the molecule is O=C(CCCC(=O)N(Cc1ccco1)[C@@H](C(=O)NC1CCCCC1)c1ccc(Cl)cc1)Nc1ccccn1. The van der Waals surface area contributed by atoms with Crippen molar-refractivity contribution in [1.82, 2.24) is 15.2 Å². The van der Waals surface area contributed by atoms with Crippen molar-refractivity contribution in [3.63, 3.8) is 0 Å². The fourth-order valence-electron chi connectivity index (χ4n) is 4.72. The van der Waals surface area contributed by atoms with Gasteiger partial charge in [-0.2, -0.15) is 0 Å². The summed E-state index contributed by atoms with van der Waals surface area (Å²) in [6.45, 7) is 0.122. The molecule has 0 saturated heterocycles. The van der Waals surface area contributed by atoms with Crippen LogP contribution in [0.4, 0.5) is 5.82 Å². The maximum atomic E-state index is 13.7. The Kier molecular flexibility index (Phi) is 9.92. The van der Waals surface area contributed by atoms with Crippen LogP contribution in [0, 0.1) is 0 Å². The summed E-state index contributed by atoms with van der Waals surface area (Å²) in [5.41, 5.74) is 0.663. The lowest BCUT2D eigenvalue weighted by Gasteiger charge is -2.33. The van der Waals surface area contributed by atoms with Gasteiger partial charge in [0, 0.05) is 30.1 Å². The van der Waals surface area contributed by atoms with E-state index in [1.54, 1.807) is 67.1 Å². The number of carbonyl (C=O) groups is 3. The maximum absolute atomic E-state index is 13.7. The summed E-state index contributed by atoms with van der Waals surface area (Å²) in [6.07, 6.45) is 8.88. The molecular weight excluding hydrogens is 504 g/mol. The summed E-state index contributed by atoms with van der Waals surface area (Å²) in [4.78, 5) is 45.3. The number of pyridine rings is 1. The minimum absolute atomic E-state index is 0.0851. The normalized spacial score (nSPS) is 14.4. The summed E-state index contributed by atoms with van der Waals surface area (Å²) >= 11 is 6.13. The van der Waals surface area contributed by atoms with Crippen LogP contribution in [-0.4, -0.2) is 33.6 Å². The molecule has 8 nitrogen and oxygen atoms in total. The molecule has 2 N–H and O–H groups in total. The summed E-state index contributed by atoms with van der Waals surface area (Å²) in [6, 6.07) is 15.0. The van der Waals surface area contributed by atoms with Gasteiger partial charge >= 0.3 is 0 Å². The molecule has 38 heavy (non-hydrogen) atoms. The van der Waals surface area contributed by atoms with Crippen LogP contribution >= 0.6 is 11.6 Å². The molecule has 1 fully saturated rings. The predicted molar refractivity (Wildman–Crippen MR) is 145 cm³/mol. The zero-order valence-electron chi connectivity index (χ0n) is 21.3. The number of aromatic nitrogens is 1. The number of nitrogens with zero attached hydrogens (tertiary/aromatic N) is 2. The van der Waals surface area contributed by atoms with E-state index in [4.69, 9.17) is 16.0 Å². The molecule has 1 aliphatic rings. The number of anilines is 1. The number of nitrogens with one attached hydrogen (secondary N) is 2. The Morgan fingerprint density at radius 2 is 1.79 bits per heavy atom. The Morgan fingerprint density at radius 1 is 1.00 bits per heavy atom. The first kappa shape index (κ1) is 27.4. The lowest BCUT2D eigenvalue weighted by molar-refractivity contribution is -0.142. The fourth-order valence-corrected chi connectivity index (χ4v) is 4.85. The van der Waals surface area contributed by atoms with Crippen molar-refractivity contribution in [2.24, 2.45) is 0 Å². The summed E-state index contributed by atoms with van der Waals surface area (Å²) in [5, 5.41) is 6.46. The number of hydrogen-bond donors (Lipinski definition) is 2. The first-order valence-corrected chi connectivity index (χ1v) is 13.5. The number of benzene rings is 1. The van der Waals surface area contributed by atoms with Gasteiger partial charge in [-0.05, 0) is 61.2 Å². The average molecular weight is 537 g/mol. The Morgan fingerprint density at radius 3 is 2.47 bits per heavy atom. The molecule has 4 rings (SSSR count). The van der Waals surface area contributed by atoms with E-state index in [1.165, 1.54) is 11.3 Å². The second kappa shape index (κ2) is 13.8. The fraction of sp³-hybridized carbons (Fsp3) is 0.379. The highest BCUT2D eigenvalue weighted by Gasteiger charge is 2.33. The Hall–Kier alpha value is -3.65. The molecule has 1 aliphatic carbocycles. The van der Waals surface area contributed by atoms with Crippen LogP contribution in [0.2, 0.25) is 5.02 Å². The number of halogens is 1. The minimum Gasteiger partial charge on any atom is -0.467 e. The molecule has 3 aromatic rings. The molecule has 9 heteroatoms. The van der Waals surface area contributed by atoms with E-state index in [9.17, 15) is 14.4 Å². The zero-order chi connectivity index (χ0) is 26.7. The first-order valence-electron chi connectivity index (χ1n) is 13.1. The van der Waals surface area contributed by atoms with E-state index >= 15 is 0 Å². The molecule has 0 radical (unpaired) electrons. The lowest BCUT2D eigenvalue weighted by Crippen LogP contribution is -2.46. The number of amides is 3. The third-order valence-electron chi connectivity index (χ3n) is 6.65. The van der Waals surface area contributed by atoms with Gasteiger partial charge in [-0.1, -0.05) is 49.1 Å². The van der Waals surface area contributed by atoms with Gasteiger partial charge in [-0.15, -0.1) is 0 Å². The summed E-state index contributed by atoms with van der Waals surface area (Å²) in [7, 11) is 0. The molecule has 1 saturated carbocycles. The van der Waals surface area contributed by atoms with Crippen molar-refractivity contribution in [2.45, 2.75) is 70.0 Å². The van der Waals surface area contributed by atoms with Crippen molar-refractivity contribution in [2.75, 3.05) is 5.32 Å². The van der Waals surface area contributed by atoms with E-state index in [2.05, 4.69) is 15.6 Å². The molecule has 1 aromatic carbocycles. The molecule has 1 atom stereocenters. The van der Waals surface area contributed by atoms with E-state index in [0.29, 0.717) is 28.6 Å². The highest BCUT2D eigenvalue weighted by Crippen LogP contribution is 2.28. The summed E-state index contributed by atoms with van der Waals surface area (Å²) in [5.74, 6) is 0.331. The van der Waals surface area contributed by atoms with Crippen LogP contribution in [0.25, 0.3) is 0 Å². The van der Waals surface area contributed by atoms with Gasteiger partial charge in [-0.3, -0.25) is 14.4 Å². The van der Waals surface area contributed by atoms with Gasteiger partial charge in [0.2, 0.25) is 17.7 Å². The molecule has 3 amide bonds. The third-order valence-corrected chi connectivity index (χ3v) is 6.90. The van der Waals surface area contributed by atoms with Gasteiger partial charge < -0.3 is 20.0 Å². The van der Waals surface area contributed by atoms with Crippen LogP contribution < -0.4 is 10.6 Å². The lowest BCUT2D eigenvalue weighted by atomic mass is 9.94. The van der Waals surface area contributed by atoms with Gasteiger partial charge in [0.1, 0.15) is 17.6 Å². The number of rotatable bonds is 11. The van der Waals surface area contributed by atoms with Crippen LogP contribution in [0.15, 0.2) is 71.5 Å². The van der Waals surface area contributed by atoms with Crippen LogP contribution in [-0.2, 0) is 20.9 Å². The molecule has 2 aromatic heterocycles. The van der Waals surface area contributed by atoms with Crippen LogP contribution in [0.5, 0.6) is 0 Å². The third kappa shape index (κ3) is 7.92.